The van der Waals surface area contributed by atoms with Gasteiger partial charge in [-0.05, 0) is 25.2 Å². The molecule has 0 spiro atoms. The fourth-order valence-electron chi connectivity index (χ4n) is 1.91. The highest BCUT2D eigenvalue weighted by Crippen LogP contribution is 2.27. The van der Waals surface area contributed by atoms with Crippen molar-refractivity contribution in [3.05, 3.63) is 0 Å². The number of ether oxygens (including phenoxy) is 1. The Morgan fingerprint density at radius 1 is 1.26 bits per heavy atom. The second-order valence-corrected chi connectivity index (χ2v) is 4.74. The topological polar surface area (TPSA) is 92.2 Å². The molecule has 106 valence electrons. The van der Waals surface area contributed by atoms with E-state index in [1.165, 1.54) is 0 Å². The quantitative estimate of drug-likeness (QED) is 0.675. The van der Waals surface area contributed by atoms with Crippen LogP contribution >= 0.6 is 0 Å². The Morgan fingerprint density at radius 3 is 2.63 bits per heavy atom. The monoisotopic (exact) mass is 267 g/mol. The van der Waals surface area contributed by atoms with E-state index in [0.29, 0.717) is 30.4 Å². The highest BCUT2D eigenvalue weighted by atomic mass is 16.5. The maximum Gasteiger partial charge on any atom is 0.323 e. The molecule has 19 heavy (non-hydrogen) atoms. The van der Waals surface area contributed by atoms with Crippen LogP contribution in [0.2, 0.25) is 0 Å². The summed E-state index contributed by atoms with van der Waals surface area (Å²) in [7, 11) is 1.75. The minimum atomic E-state index is -0.138. The van der Waals surface area contributed by atoms with Gasteiger partial charge >= 0.3 is 6.01 Å². The van der Waals surface area contributed by atoms with Gasteiger partial charge in [-0.15, -0.1) is 0 Å². The predicted molar refractivity (Wildman–Crippen MR) is 72.4 cm³/mol. The van der Waals surface area contributed by atoms with Crippen molar-refractivity contribution < 1.29 is 9.84 Å². The van der Waals surface area contributed by atoms with Gasteiger partial charge in [-0.1, -0.05) is 6.92 Å². The van der Waals surface area contributed by atoms with Crippen molar-refractivity contribution in [2.75, 3.05) is 30.8 Å². The number of nitrogens with one attached hydrogen (secondary N) is 2. The SMILES string of the molecule is CCCOc1nc(NC)nc(NCC2CC(O)C2)n1. The van der Waals surface area contributed by atoms with Crippen molar-refractivity contribution in [2.24, 2.45) is 5.92 Å². The Balaban J connectivity index is 1.93. The first-order chi connectivity index (χ1) is 9.21. The molecular weight excluding hydrogens is 246 g/mol. The summed E-state index contributed by atoms with van der Waals surface area (Å²) in [5.41, 5.74) is 0. The van der Waals surface area contributed by atoms with Crippen molar-refractivity contribution in [1.29, 1.82) is 0 Å². The number of aromatic nitrogens is 3. The Hall–Kier alpha value is -1.63. The van der Waals surface area contributed by atoms with Gasteiger partial charge in [0.2, 0.25) is 11.9 Å². The molecule has 1 aliphatic carbocycles. The summed E-state index contributed by atoms with van der Waals surface area (Å²) in [5.74, 6) is 1.48. The Morgan fingerprint density at radius 2 is 2.00 bits per heavy atom. The lowest BCUT2D eigenvalue weighted by atomic mass is 9.82. The Bertz CT molecular complexity index is 409. The molecule has 2 rings (SSSR count). The lowest BCUT2D eigenvalue weighted by Gasteiger charge is -2.31. The molecular formula is C12H21N5O2. The molecule has 1 aromatic heterocycles. The van der Waals surface area contributed by atoms with E-state index in [1.807, 2.05) is 6.92 Å². The minimum absolute atomic E-state index is 0.138. The standard InChI is InChI=1S/C12H21N5O2/c1-3-4-19-12-16-10(13-2)15-11(17-12)14-7-8-5-9(18)6-8/h8-9,18H,3-7H2,1-2H3,(H2,13,14,15,16,17). The number of nitrogens with zero attached hydrogens (tertiary/aromatic N) is 3. The third kappa shape index (κ3) is 3.92. The Labute approximate surface area is 112 Å². The largest absolute Gasteiger partial charge is 0.463 e. The number of aliphatic hydroxyl groups is 1. The highest BCUT2D eigenvalue weighted by Gasteiger charge is 2.26. The molecule has 0 atom stereocenters. The summed E-state index contributed by atoms with van der Waals surface area (Å²) < 4.78 is 5.42. The zero-order valence-corrected chi connectivity index (χ0v) is 11.4. The minimum Gasteiger partial charge on any atom is -0.463 e. The van der Waals surface area contributed by atoms with Gasteiger partial charge in [0.05, 0.1) is 12.7 Å². The van der Waals surface area contributed by atoms with E-state index in [1.54, 1.807) is 7.05 Å². The third-order valence-electron chi connectivity index (χ3n) is 3.03. The summed E-state index contributed by atoms with van der Waals surface area (Å²) >= 11 is 0. The average molecular weight is 267 g/mol. The van der Waals surface area contributed by atoms with E-state index >= 15 is 0 Å². The van der Waals surface area contributed by atoms with Crippen LogP contribution in [0.5, 0.6) is 6.01 Å². The third-order valence-corrected chi connectivity index (χ3v) is 3.03. The van der Waals surface area contributed by atoms with Crippen molar-refractivity contribution in [2.45, 2.75) is 32.3 Å². The van der Waals surface area contributed by atoms with Crippen LogP contribution in [0, 0.1) is 5.92 Å². The fourth-order valence-corrected chi connectivity index (χ4v) is 1.91. The molecule has 0 unspecified atom stereocenters. The molecule has 1 heterocycles. The van der Waals surface area contributed by atoms with Gasteiger partial charge in [-0.25, -0.2) is 0 Å². The van der Waals surface area contributed by atoms with Crippen molar-refractivity contribution in [3.8, 4) is 6.01 Å². The lowest BCUT2D eigenvalue weighted by molar-refractivity contribution is 0.0486. The molecule has 0 aliphatic heterocycles. The van der Waals surface area contributed by atoms with E-state index in [-0.39, 0.29) is 6.10 Å². The normalized spacial score (nSPS) is 21.6. The van der Waals surface area contributed by atoms with Crippen molar-refractivity contribution in [1.82, 2.24) is 15.0 Å². The molecule has 1 fully saturated rings. The van der Waals surface area contributed by atoms with E-state index < -0.39 is 0 Å². The number of hydrogen-bond acceptors (Lipinski definition) is 7. The lowest BCUT2D eigenvalue weighted by Crippen LogP contribution is -2.33. The summed E-state index contributed by atoms with van der Waals surface area (Å²) in [6, 6.07) is 0.331. The molecule has 1 aliphatic rings. The number of rotatable bonds is 7. The maximum atomic E-state index is 9.24. The molecule has 7 heteroatoms. The van der Waals surface area contributed by atoms with E-state index in [4.69, 9.17) is 4.74 Å². The van der Waals surface area contributed by atoms with Gasteiger partial charge in [-0.2, -0.15) is 15.0 Å². The second-order valence-electron chi connectivity index (χ2n) is 4.74. The average Bonchev–Trinajstić information content (AvgIpc) is 2.39. The van der Waals surface area contributed by atoms with Crippen LogP contribution in [-0.2, 0) is 0 Å². The van der Waals surface area contributed by atoms with Gasteiger partial charge in [-0.3, -0.25) is 0 Å². The number of anilines is 2. The molecule has 0 bridgehead atoms. The molecule has 0 radical (unpaired) electrons. The molecule has 1 aromatic rings. The molecule has 0 saturated heterocycles. The van der Waals surface area contributed by atoms with Gasteiger partial charge in [0.1, 0.15) is 0 Å². The van der Waals surface area contributed by atoms with Crippen LogP contribution in [0.3, 0.4) is 0 Å². The first kappa shape index (κ1) is 13.8. The van der Waals surface area contributed by atoms with E-state index in [2.05, 4.69) is 25.6 Å². The molecule has 0 amide bonds. The van der Waals surface area contributed by atoms with Gasteiger partial charge in [0.15, 0.2) is 0 Å². The molecule has 7 nitrogen and oxygen atoms in total. The van der Waals surface area contributed by atoms with Crippen molar-refractivity contribution >= 4 is 11.9 Å². The van der Waals surface area contributed by atoms with Crippen LogP contribution in [0.15, 0.2) is 0 Å². The second kappa shape index (κ2) is 6.51. The summed E-state index contributed by atoms with van der Waals surface area (Å²) in [6.07, 6.45) is 2.46. The summed E-state index contributed by atoms with van der Waals surface area (Å²) in [6.45, 7) is 3.38. The first-order valence-corrected chi connectivity index (χ1v) is 6.69. The zero-order chi connectivity index (χ0) is 13.7. The van der Waals surface area contributed by atoms with Crippen LogP contribution < -0.4 is 15.4 Å². The summed E-state index contributed by atoms with van der Waals surface area (Å²) in [4.78, 5) is 12.6. The maximum absolute atomic E-state index is 9.24. The number of aliphatic hydroxyl groups excluding tert-OH is 1. The van der Waals surface area contributed by atoms with Gasteiger partial charge in [0, 0.05) is 13.6 Å². The van der Waals surface area contributed by atoms with Crippen LogP contribution in [0.1, 0.15) is 26.2 Å². The smallest absolute Gasteiger partial charge is 0.323 e. The zero-order valence-electron chi connectivity index (χ0n) is 11.4. The van der Waals surface area contributed by atoms with Crippen LogP contribution in [0.25, 0.3) is 0 Å². The first-order valence-electron chi connectivity index (χ1n) is 6.69. The van der Waals surface area contributed by atoms with Crippen molar-refractivity contribution in [3.63, 3.8) is 0 Å². The molecule has 0 aromatic carbocycles. The van der Waals surface area contributed by atoms with Gasteiger partial charge < -0.3 is 20.5 Å². The van der Waals surface area contributed by atoms with E-state index in [9.17, 15) is 5.11 Å². The van der Waals surface area contributed by atoms with E-state index in [0.717, 1.165) is 25.8 Å². The molecule has 3 N–H and O–H groups in total. The molecule has 1 saturated carbocycles. The van der Waals surface area contributed by atoms with Crippen LogP contribution in [-0.4, -0.2) is 46.4 Å². The highest BCUT2D eigenvalue weighted by molar-refractivity contribution is 5.35. The fraction of sp³-hybridized carbons (Fsp3) is 0.750. The Kier molecular flexibility index (Phi) is 4.73. The predicted octanol–water partition coefficient (Wildman–Crippen LogP) is 0.885. The summed E-state index contributed by atoms with van der Waals surface area (Å²) in [5, 5.41) is 15.3. The number of hydrogen-bond donors (Lipinski definition) is 3. The van der Waals surface area contributed by atoms with Gasteiger partial charge in [0.25, 0.3) is 0 Å². The van der Waals surface area contributed by atoms with Crippen LogP contribution in [0.4, 0.5) is 11.9 Å².